The van der Waals surface area contributed by atoms with Gasteiger partial charge in [0.15, 0.2) is 5.78 Å². The van der Waals surface area contributed by atoms with Gasteiger partial charge >= 0.3 is 0 Å². The summed E-state index contributed by atoms with van der Waals surface area (Å²) in [7, 11) is 1.40. The molecule has 1 heterocycles. The standard InChI is InChI=1S/C21H24O9/c1-21(27)6-10-3-9-4-11(29-20-19(26)17(24)14(8-22)30-20)5-13(28-2)16(9)18(25)15(10)12(23)7-21/h3-5,14,17,19-20,22,24-27H,6-8H2,1-2H3/t14-,17-,19-,20+,21+/m1/s1. The molecule has 0 spiro atoms. The number of fused-ring (bicyclic) bond motifs is 2. The molecule has 0 unspecified atom stereocenters. The third kappa shape index (κ3) is 3.38. The van der Waals surface area contributed by atoms with Crippen molar-refractivity contribution >= 4 is 16.6 Å². The minimum atomic E-state index is -1.37. The molecule has 0 radical (unpaired) electrons. The van der Waals surface area contributed by atoms with E-state index in [0.717, 1.165) is 0 Å². The molecule has 0 amide bonds. The Morgan fingerprint density at radius 1 is 1.20 bits per heavy atom. The van der Waals surface area contributed by atoms with E-state index in [-0.39, 0.29) is 41.4 Å². The van der Waals surface area contributed by atoms with Crippen LogP contribution in [0.15, 0.2) is 18.2 Å². The summed E-state index contributed by atoms with van der Waals surface area (Å²) in [4.78, 5) is 12.5. The van der Waals surface area contributed by atoms with Crippen molar-refractivity contribution in [3.63, 3.8) is 0 Å². The van der Waals surface area contributed by atoms with Crippen molar-refractivity contribution in [3.05, 3.63) is 29.3 Å². The molecule has 2 aliphatic rings. The number of hydrogen-bond donors (Lipinski definition) is 5. The average Bonchev–Trinajstić information content (AvgIpc) is 2.93. The second-order valence-corrected chi connectivity index (χ2v) is 8.08. The van der Waals surface area contributed by atoms with E-state index < -0.39 is 36.8 Å². The molecule has 1 aliphatic carbocycles. The maximum absolute atomic E-state index is 12.5. The molecule has 5 atom stereocenters. The Bertz CT molecular complexity index is 1000. The Balaban J connectivity index is 1.78. The van der Waals surface area contributed by atoms with Crippen LogP contribution in [-0.4, -0.2) is 75.2 Å². The number of phenolic OH excluding ortho intramolecular Hbond substituents is 1. The molecular formula is C21H24O9. The molecule has 0 bridgehead atoms. The zero-order chi connectivity index (χ0) is 21.8. The van der Waals surface area contributed by atoms with E-state index in [0.29, 0.717) is 16.3 Å². The van der Waals surface area contributed by atoms with Gasteiger partial charge in [0.05, 0.1) is 30.3 Å². The van der Waals surface area contributed by atoms with E-state index in [1.807, 2.05) is 0 Å². The van der Waals surface area contributed by atoms with Crippen LogP contribution in [-0.2, 0) is 11.2 Å². The lowest BCUT2D eigenvalue weighted by Gasteiger charge is -2.30. The Morgan fingerprint density at radius 2 is 1.93 bits per heavy atom. The first kappa shape index (κ1) is 20.8. The number of carbonyl (C=O) groups excluding carboxylic acids is 1. The fourth-order valence-corrected chi connectivity index (χ4v) is 4.20. The van der Waals surface area contributed by atoms with Crippen LogP contribution in [0.25, 0.3) is 10.8 Å². The van der Waals surface area contributed by atoms with Crippen LogP contribution in [0.5, 0.6) is 17.2 Å². The molecule has 2 aromatic carbocycles. The number of hydrogen-bond acceptors (Lipinski definition) is 9. The predicted molar refractivity (Wildman–Crippen MR) is 104 cm³/mol. The van der Waals surface area contributed by atoms with E-state index in [1.165, 1.54) is 13.2 Å². The first-order chi connectivity index (χ1) is 14.1. The highest BCUT2D eigenvalue weighted by Crippen LogP contribution is 2.44. The number of ether oxygens (including phenoxy) is 3. The summed E-state index contributed by atoms with van der Waals surface area (Å²) in [6, 6.07) is 4.72. The van der Waals surface area contributed by atoms with Crippen LogP contribution in [0.4, 0.5) is 0 Å². The number of rotatable bonds is 4. The van der Waals surface area contributed by atoms with Gasteiger partial charge in [-0.1, -0.05) is 0 Å². The van der Waals surface area contributed by atoms with Gasteiger partial charge in [0.1, 0.15) is 35.6 Å². The maximum Gasteiger partial charge on any atom is 0.229 e. The summed E-state index contributed by atoms with van der Waals surface area (Å²) >= 11 is 0. The van der Waals surface area contributed by atoms with Gasteiger partial charge in [-0.15, -0.1) is 0 Å². The van der Waals surface area contributed by atoms with Crippen molar-refractivity contribution in [1.82, 2.24) is 0 Å². The lowest BCUT2D eigenvalue weighted by molar-refractivity contribution is -0.116. The number of carbonyl (C=O) groups is 1. The number of benzene rings is 2. The van der Waals surface area contributed by atoms with Gasteiger partial charge in [0.25, 0.3) is 0 Å². The van der Waals surface area contributed by atoms with E-state index in [4.69, 9.17) is 14.2 Å². The highest BCUT2D eigenvalue weighted by molar-refractivity contribution is 6.09. The summed E-state index contributed by atoms with van der Waals surface area (Å²) in [6.45, 7) is 1.09. The molecule has 5 N–H and O–H groups in total. The Labute approximate surface area is 172 Å². The minimum absolute atomic E-state index is 0.0895. The highest BCUT2D eigenvalue weighted by Gasteiger charge is 2.44. The van der Waals surface area contributed by atoms with Gasteiger partial charge in [-0.25, -0.2) is 0 Å². The number of aliphatic hydroxyl groups excluding tert-OH is 3. The summed E-state index contributed by atoms with van der Waals surface area (Å²) in [5, 5.41) is 51.2. The van der Waals surface area contributed by atoms with Crippen LogP contribution in [0.3, 0.4) is 0 Å². The molecule has 1 fully saturated rings. The number of Topliss-reactive ketones (excluding diaryl/α,β-unsaturated/α-hetero) is 1. The van der Waals surface area contributed by atoms with Crippen molar-refractivity contribution < 1.29 is 44.5 Å². The fourth-order valence-electron chi connectivity index (χ4n) is 4.20. The average molecular weight is 420 g/mol. The molecule has 2 aromatic rings. The number of phenols is 1. The molecule has 4 rings (SSSR count). The third-order valence-electron chi connectivity index (χ3n) is 5.59. The quantitative estimate of drug-likeness (QED) is 0.470. The summed E-state index contributed by atoms with van der Waals surface area (Å²) in [5.74, 6) is -0.115. The maximum atomic E-state index is 12.5. The number of methoxy groups -OCH3 is 1. The molecule has 1 aliphatic heterocycles. The molecule has 9 heteroatoms. The van der Waals surface area contributed by atoms with Gasteiger partial charge < -0.3 is 39.7 Å². The first-order valence-electron chi connectivity index (χ1n) is 9.56. The van der Waals surface area contributed by atoms with E-state index in [1.54, 1.807) is 19.1 Å². The second kappa shape index (κ2) is 7.36. The van der Waals surface area contributed by atoms with Gasteiger partial charge in [-0.2, -0.15) is 0 Å². The number of aromatic hydroxyl groups is 1. The Morgan fingerprint density at radius 3 is 2.57 bits per heavy atom. The third-order valence-corrected chi connectivity index (χ3v) is 5.59. The zero-order valence-electron chi connectivity index (χ0n) is 16.5. The molecule has 162 valence electrons. The monoisotopic (exact) mass is 420 g/mol. The molecular weight excluding hydrogens is 396 g/mol. The lowest BCUT2D eigenvalue weighted by Crippen LogP contribution is -2.35. The molecule has 30 heavy (non-hydrogen) atoms. The second-order valence-electron chi connectivity index (χ2n) is 8.08. The van der Waals surface area contributed by atoms with Gasteiger partial charge in [0, 0.05) is 18.9 Å². The number of aliphatic hydroxyl groups is 4. The molecule has 0 aromatic heterocycles. The van der Waals surface area contributed by atoms with Crippen molar-refractivity contribution in [2.75, 3.05) is 13.7 Å². The van der Waals surface area contributed by atoms with Gasteiger partial charge in [-0.3, -0.25) is 4.79 Å². The lowest BCUT2D eigenvalue weighted by atomic mass is 9.79. The van der Waals surface area contributed by atoms with Crippen LogP contribution >= 0.6 is 0 Å². The minimum Gasteiger partial charge on any atom is -0.506 e. The Hall–Kier alpha value is -2.43. The van der Waals surface area contributed by atoms with Gasteiger partial charge in [0.2, 0.25) is 6.29 Å². The van der Waals surface area contributed by atoms with Gasteiger partial charge in [-0.05, 0) is 30.0 Å². The largest absolute Gasteiger partial charge is 0.506 e. The zero-order valence-corrected chi connectivity index (χ0v) is 16.5. The van der Waals surface area contributed by atoms with Crippen molar-refractivity contribution in [3.8, 4) is 17.2 Å². The summed E-state index contributed by atoms with van der Waals surface area (Å²) in [5.41, 5.74) is -0.530. The van der Waals surface area contributed by atoms with Crippen molar-refractivity contribution in [1.29, 1.82) is 0 Å². The Kier molecular flexibility index (Phi) is 5.11. The number of ketones is 1. The van der Waals surface area contributed by atoms with Crippen LogP contribution in [0.1, 0.15) is 29.3 Å². The first-order valence-corrected chi connectivity index (χ1v) is 9.56. The highest BCUT2D eigenvalue weighted by atomic mass is 16.7. The molecule has 1 saturated heterocycles. The van der Waals surface area contributed by atoms with Crippen molar-refractivity contribution in [2.45, 2.75) is 50.0 Å². The topological polar surface area (TPSA) is 146 Å². The molecule has 0 saturated carbocycles. The van der Waals surface area contributed by atoms with E-state index in [9.17, 15) is 30.3 Å². The summed E-state index contributed by atoms with van der Waals surface area (Å²) < 4.78 is 16.4. The smallest absolute Gasteiger partial charge is 0.229 e. The molecule has 9 nitrogen and oxygen atoms in total. The van der Waals surface area contributed by atoms with E-state index in [2.05, 4.69) is 0 Å². The predicted octanol–water partition coefficient (Wildman–Crippen LogP) is 0.252. The summed E-state index contributed by atoms with van der Waals surface area (Å²) in [6.07, 6.45) is -4.75. The van der Waals surface area contributed by atoms with Crippen LogP contribution < -0.4 is 9.47 Å². The normalized spacial score (nSPS) is 31.1. The van der Waals surface area contributed by atoms with E-state index >= 15 is 0 Å². The SMILES string of the molecule is COc1cc(O[C@H]2O[C@H](CO)[C@@H](O)[C@H]2O)cc2cc3c(c(O)c12)C(=O)C[C@@](C)(O)C3. The van der Waals surface area contributed by atoms with Crippen molar-refractivity contribution in [2.24, 2.45) is 0 Å². The van der Waals surface area contributed by atoms with Crippen LogP contribution in [0.2, 0.25) is 0 Å². The fraction of sp³-hybridized carbons (Fsp3) is 0.476. The van der Waals surface area contributed by atoms with Crippen LogP contribution in [0, 0.1) is 0 Å².